The van der Waals surface area contributed by atoms with Gasteiger partial charge in [-0.1, -0.05) is 188 Å². The highest BCUT2D eigenvalue weighted by atomic mass is 32.1. The van der Waals surface area contributed by atoms with E-state index in [1.807, 2.05) is 35.6 Å². The Morgan fingerprint density at radius 3 is 1.65 bits per heavy atom. The molecular weight excluding hydrogens is 773 g/mol. The van der Waals surface area contributed by atoms with Crippen LogP contribution in [-0.4, -0.2) is 19.7 Å². The van der Waals surface area contributed by atoms with E-state index in [1.165, 1.54) is 36.7 Å². The standard InChI is InChI=1S/C57H36N4S/c1-4-15-37(16-5-1)49-35-43-19-10-11-22-45(43)55-53(49)54(60-61(55)44-20-8-3-9-21-44)41-33-31-40(32-34-41)51-36-50(58-57(59-51)42-17-6-2-7-18-42)39-29-27-38(28-30-39)46-24-14-25-48-47-23-12-13-26-52(47)62-56(46)48/h1-36H. The molecule has 62 heavy (non-hydrogen) atoms. The smallest absolute Gasteiger partial charge is 0.160 e. The van der Waals surface area contributed by atoms with E-state index in [9.17, 15) is 0 Å². The van der Waals surface area contributed by atoms with E-state index in [4.69, 9.17) is 15.1 Å². The molecule has 0 radical (unpaired) electrons. The van der Waals surface area contributed by atoms with Gasteiger partial charge in [0.2, 0.25) is 0 Å². The van der Waals surface area contributed by atoms with Gasteiger partial charge in [0.25, 0.3) is 0 Å². The SMILES string of the molecule is c1ccc(-c2nc(-c3ccc(-c4cccc5c4sc4ccccc45)cc3)cc(-c3ccc(-c4nn(-c5ccccc5)c5c4c(-c4ccccc4)cc4ccccc45)cc3)n2)cc1. The number of thiophene rings is 1. The molecule has 12 aromatic rings. The zero-order chi connectivity index (χ0) is 41.0. The molecule has 0 saturated carbocycles. The van der Waals surface area contributed by atoms with Gasteiger partial charge in [-0.15, -0.1) is 11.3 Å². The van der Waals surface area contributed by atoms with Crippen molar-refractivity contribution in [3.63, 3.8) is 0 Å². The third-order valence-corrected chi connectivity index (χ3v) is 13.1. The van der Waals surface area contributed by atoms with E-state index in [-0.39, 0.29) is 0 Å². The van der Waals surface area contributed by atoms with Gasteiger partial charge in [0.05, 0.1) is 22.6 Å². The van der Waals surface area contributed by atoms with Crippen molar-refractivity contribution >= 4 is 53.2 Å². The van der Waals surface area contributed by atoms with Crippen molar-refractivity contribution in [3.05, 3.63) is 218 Å². The fourth-order valence-electron chi connectivity index (χ4n) is 8.84. The molecule has 3 aromatic heterocycles. The summed E-state index contributed by atoms with van der Waals surface area (Å²) in [5, 5.41) is 11.5. The first kappa shape index (κ1) is 35.9. The molecule has 0 atom stereocenters. The lowest BCUT2D eigenvalue weighted by molar-refractivity contribution is 0.918. The molecule has 0 amide bonds. The highest BCUT2D eigenvalue weighted by Crippen LogP contribution is 2.43. The topological polar surface area (TPSA) is 43.6 Å². The Morgan fingerprint density at radius 2 is 0.935 bits per heavy atom. The summed E-state index contributed by atoms with van der Waals surface area (Å²) in [7, 11) is 0. The van der Waals surface area contributed by atoms with Gasteiger partial charge in [0, 0.05) is 53.2 Å². The molecule has 0 saturated heterocycles. The first-order chi connectivity index (χ1) is 30.7. The van der Waals surface area contributed by atoms with Gasteiger partial charge in [0.15, 0.2) is 5.82 Å². The van der Waals surface area contributed by atoms with Crippen molar-refractivity contribution in [1.82, 2.24) is 19.7 Å². The lowest BCUT2D eigenvalue weighted by Crippen LogP contribution is -1.97. The Balaban J connectivity index is 0.977. The van der Waals surface area contributed by atoms with Crippen LogP contribution >= 0.6 is 11.3 Å². The maximum atomic E-state index is 5.42. The molecule has 0 unspecified atom stereocenters. The Morgan fingerprint density at radius 1 is 0.387 bits per heavy atom. The van der Waals surface area contributed by atoms with Gasteiger partial charge in [-0.05, 0) is 58.0 Å². The fourth-order valence-corrected chi connectivity index (χ4v) is 10.1. The summed E-state index contributed by atoms with van der Waals surface area (Å²) in [5.74, 6) is 0.688. The Labute approximate surface area is 362 Å². The fraction of sp³-hybridized carbons (Fsp3) is 0. The molecule has 0 aliphatic carbocycles. The minimum atomic E-state index is 0.688. The summed E-state index contributed by atoms with van der Waals surface area (Å²) in [5.41, 5.74) is 13.5. The number of aromatic nitrogens is 4. The zero-order valence-electron chi connectivity index (χ0n) is 33.5. The van der Waals surface area contributed by atoms with Crippen LogP contribution < -0.4 is 0 Å². The molecule has 0 fully saturated rings. The third kappa shape index (κ3) is 6.18. The van der Waals surface area contributed by atoms with E-state index >= 15 is 0 Å². The van der Waals surface area contributed by atoms with Crippen LogP contribution in [0.3, 0.4) is 0 Å². The minimum Gasteiger partial charge on any atom is -0.232 e. The van der Waals surface area contributed by atoms with E-state index < -0.39 is 0 Å². The molecule has 12 rings (SSSR count). The molecule has 0 N–H and O–H groups in total. The van der Waals surface area contributed by atoms with Gasteiger partial charge in [0.1, 0.15) is 5.69 Å². The molecule has 4 nitrogen and oxygen atoms in total. The quantitative estimate of drug-likeness (QED) is 0.161. The van der Waals surface area contributed by atoms with Crippen LogP contribution in [0.25, 0.3) is 115 Å². The molecule has 5 heteroatoms. The maximum absolute atomic E-state index is 5.42. The van der Waals surface area contributed by atoms with E-state index in [0.717, 1.165) is 72.4 Å². The minimum absolute atomic E-state index is 0.688. The maximum Gasteiger partial charge on any atom is 0.160 e. The highest BCUT2D eigenvalue weighted by molar-refractivity contribution is 7.26. The zero-order valence-corrected chi connectivity index (χ0v) is 34.3. The van der Waals surface area contributed by atoms with Crippen LogP contribution in [-0.2, 0) is 0 Å². The Hall–Kier alpha value is -7.99. The summed E-state index contributed by atoms with van der Waals surface area (Å²) in [4.78, 5) is 10.3. The van der Waals surface area contributed by atoms with Gasteiger partial charge in [-0.2, -0.15) is 5.10 Å². The van der Waals surface area contributed by atoms with E-state index in [1.54, 1.807) is 0 Å². The molecular formula is C57H36N4S. The predicted octanol–water partition coefficient (Wildman–Crippen LogP) is 15.3. The van der Waals surface area contributed by atoms with Crippen molar-refractivity contribution in [2.24, 2.45) is 0 Å². The number of rotatable bonds is 7. The molecule has 0 bridgehead atoms. The average Bonchev–Trinajstić information content (AvgIpc) is 3.95. The van der Waals surface area contributed by atoms with E-state index in [0.29, 0.717) is 5.82 Å². The first-order valence-corrected chi connectivity index (χ1v) is 21.7. The highest BCUT2D eigenvalue weighted by Gasteiger charge is 2.22. The van der Waals surface area contributed by atoms with Crippen molar-refractivity contribution < 1.29 is 0 Å². The Bertz CT molecular complexity index is 3590. The average molecular weight is 809 g/mol. The summed E-state index contributed by atoms with van der Waals surface area (Å²) < 4.78 is 4.73. The van der Waals surface area contributed by atoms with Gasteiger partial charge >= 0.3 is 0 Å². The second-order valence-corrected chi connectivity index (χ2v) is 16.6. The molecule has 3 heterocycles. The first-order valence-electron chi connectivity index (χ1n) is 20.9. The summed E-state index contributed by atoms with van der Waals surface area (Å²) in [6.45, 7) is 0. The largest absolute Gasteiger partial charge is 0.232 e. The molecule has 0 spiro atoms. The number of hydrogen-bond donors (Lipinski definition) is 0. The molecule has 9 aromatic carbocycles. The van der Waals surface area contributed by atoms with Crippen LogP contribution in [0.1, 0.15) is 0 Å². The molecule has 0 aliphatic rings. The summed E-state index contributed by atoms with van der Waals surface area (Å²) in [6.07, 6.45) is 0. The van der Waals surface area contributed by atoms with Crippen molar-refractivity contribution in [3.8, 4) is 73.1 Å². The van der Waals surface area contributed by atoms with Gasteiger partial charge in [-0.25, -0.2) is 14.6 Å². The number of benzene rings is 9. The number of nitrogens with zero attached hydrogens (tertiary/aromatic N) is 4. The van der Waals surface area contributed by atoms with Crippen molar-refractivity contribution in [2.75, 3.05) is 0 Å². The Kier molecular flexibility index (Phi) is 8.65. The van der Waals surface area contributed by atoms with Crippen LogP contribution in [0.2, 0.25) is 0 Å². The second kappa shape index (κ2) is 14.9. The number of para-hydroxylation sites is 1. The summed E-state index contributed by atoms with van der Waals surface area (Å²) >= 11 is 1.86. The normalized spacial score (nSPS) is 11.5. The molecule has 290 valence electrons. The predicted molar refractivity (Wildman–Crippen MR) is 260 cm³/mol. The van der Waals surface area contributed by atoms with Crippen LogP contribution in [0, 0.1) is 0 Å². The summed E-state index contributed by atoms with van der Waals surface area (Å²) in [6, 6.07) is 77.2. The van der Waals surface area contributed by atoms with Gasteiger partial charge < -0.3 is 0 Å². The second-order valence-electron chi connectivity index (χ2n) is 15.6. The number of fused-ring (bicyclic) bond motifs is 6. The number of hydrogen-bond acceptors (Lipinski definition) is 4. The monoisotopic (exact) mass is 808 g/mol. The lowest BCUT2D eigenvalue weighted by atomic mass is 9.93. The van der Waals surface area contributed by atoms with Crippen molar-refractivity contribution in [1.29, 1.82) is 0 Å². The molecule has 0 aliphatic heterocycles. The van der Waals surface area contributed by atoms with Crippen LogP contribution in [0.15, 0.2) is 218 Å². The van der Waals surface area contributed by atoms with Crippen LogP contribution in [0.5, 0.6) is 0 Å². The lowest BCUT2D eigenvalue weighted by Gasteiger charge is -2.11. The van der Waals surface area contributed by atoms with Crippen LogP contribution in [0.4, 0.5) is 0 Å². The third-order valence-electron chi connectivity index (χ3n) is 11.9. The van der Waals surface area contributed by atoms with E-state index in [2.05, 4.69) is 199 Å². The van der Waals surface area contributed by atoms with Crippen molar-refractivity contribution in [2.45, 2.75) is 0 Å². The van der Waals surface area contributed by atoms with Gasteiger partial charge in [-0.3, -0.25) is 0 Å².